The number of halogens is 1. The highest BCUT2D eigenvalue weighted by molar-refractivity contribution is 6.30. The van der Waals surface area contributed by atoms with Crippen LogP contribution < -0.4 is 10.1 Å². The number of hydrogen-bond donors (Lipinski definition) is 1. The van der Waals surface area contributed by atoms with Gasteiger partial charge in [-0.2, -0.15) is 0 Å². The van der Waals surface area contributed by atoms with Crippen molar-refractivity contribution in [3.05, 3.63) is 59.1 Å². The summed E-state index contributed by atoms with van der Waals surface area (Å²) in [5, 5.41) is 3.46. The molecule has 0 radical (unpaired) electrons. The molecule has 1 fully saturated rings. The van der Waals surface area contributed by atoms with Gasteiger partial charge in [-0.15, -0.1) is 0 Å². The molecule has 2 amide bonds. The number of carbonyl (C=O) groups is 2. The normalized spacial score (nSPS) is 16.6. The van der Waals surface area contributed by atoms with Crippen LogP contribution in [-0.4, -0.2) is 36.9 Å². The van der Waals surface area contributed by atoms with E-state index in [-0.39, 0.29) is 24.2 Å². The lowest BCUT2D eigenvalue weighted by molar-refractivity contribution is -0.128. The number of anilines is 1. The van der Waals surface area contributed by atoms with Crippen molar-refractivity contribution < 1.29 is 14.3 Å². The van der Waals surface area contributed by atoms with Crippen molar-refractivity contribution in [2.75, 3.05) is 25.5 Å². The maximum atomic E-state index is 12.4. The summed E-state index contributed by atoms with van der Waals surface area (Å²) < 4.78 is 5.14. The average Bonchev–Trinajstić information content (AvgIpc) is 3.03. The summed E-state index contributed by atoms with van der Waals surface area (Å²) in [5.41, 5.74) is 1.82. The minimum absolute atomic E-state index is 0.0229. The van der Waals surface area contributed by atoms with E-state index in [9.17, 15) is 9.59 Å². The molecule has 136 valence electrons. The number of methoxy groups -OCH3 is 1. The zero-order valence-electron chi connectivity index (χ0n) is 14.6. The van der Waals surface area contributed by atoms with Gasteiger partial charge in [-0.3, -0.25) is 9.59 Å². The second-order valence-electron chi connectivity index (χ2n) is 6.34. The van der Waals surface area contributed by atoms with Gasteiger partial charge in [0.15, 0.2) is 0 Å². The van der Waals surface area contributed by atoms with E-state index in [0.717, 1.165) is 17.7 Å². The Morgan fingerprint density at radius 1 is 1.19 bits per heavy atom. The first-order valence-electron chi connectivity index (χ1n) is 8.52. The first-order valence-corrected chi connectivity index (χ1v) is 8.90. The number of hydrogen-bond acceptors (Lipinski definition) is 3. The fourth-order valence-electron chi connectivity index (χ4n) is 3.00. The van der Waals surface area contributed by atoms with Crippen LogP contribution in [0.5, 0.6) is 5.75 Å². The van der Waals surface area contributed by atoms with Crippen LogP contribution in [0.15, 0.2) is 48.5 Å². The summed E-state index contributed by atoms with van der Waals surface area (Å²) in [7, 11) is 1.63. The quantitative estimate of drug-likeness (QED) is 0.845. The molecular formula is C20H21ClN2O3. The number of likely N-dealkylation sites (tertiary alicyclic amines) is 1. The number of ether oxygens (including phenoxy) is 1. The van der Waals surface area contributed by atoms with Crippen LogP contribution in [0.1, 0.15) is 12.0 Å². The Hall–Kier alpha value is -2.53. The number of rotatable bonds is 6. The number of carbonyl (C=O) groups excluding carboxylic acids is 2. The summed E-state index contributed by atoms with van der Waals surface area (Å²) in [6, 6.07) is 14.7. The summed E-state index contributed by atoms with van der Waals surface area (Å²) >= 11 is 5.84. The van der Waals surface area contributed by atoms with E-state index >= 15 is 0 Å². The molecule has 1 atom stereocenters. The summed E-state index contributed by atoms with van der Waals surface area (Å²) in [6.45, 7) is 1.06. The van der Waals surface area contributed by atoms with Gasteiger partial charge in [0.2, 0.25) is 11.8 Å². The number of nitrogens with zero attached hydrogens (tertiary/aromatic N) is 1. The van der Waals surface area contributed by atoms with Crippen LogP contribution in [-0.2, 0) is 16.0 Å². The molecule has 0 saturated carbocycles. The van der Waals surface area contributed by atoms with Gasteiger partial charge in [0, 0.05) is 30.2 Å². The molecule has 1 aliphatic heterocycles. The van der Waals surface area contributed by atoms with E-state index in [1.165, 1.54) is 0 Å². The van der Waals surface area contributed by atoms with E-state index in [1.54, 1.807) is 36.3 Å². The van der Waals surface area contributed by atoms with Crippen molar-refractivity contribution in [2.24, 2.45) is 5.92 Å². The zero-order chi connectivity index (χ0) is 18.5. The predicted molar refractivity (Wildman–Crippen MR) is 101 cm³/mol. The highest BCUT2D eigenvalue weighted by Gasteiger charge is 2.33. The third kappa shape index (κ3) is 4.55. The summed E-state index contributed by atoms with van der Waals surface area (Å²) in [5.74, 6) is 0.376. The standard InChI is InChI=1S/C20H21ClN2O3/c1-26-18-8-2-14(3-9-18)10-11-23-13-15(12-19(23)24)20(25)22-17-6-4-16(21)5-7-17/h2-9,15H,10-13H2,1H3,(H,22,25). The van der Waals surface area contributed by atoms with E-state index in [0.29, 0.717) is 23.8 Å². The SMILES string of the molecule is COc1ccc(CCN2CC(C(=O)Nc3ccc(Cl)cc3)CC2=O)cc1. The van der Waals surface area contributed by atoms with Crippen LogP contribution in [0.4, 0.5) is 5.69 Å². The summed E-state index contributed by atoms with van der Waals surface area (Å²) in [4.78, 5) is 26.4. The molecular weight excluding hydrogens is 352 g/mol. The topological polar surface area (TPSA) is 58.6 Å². The number of nitrogens with one attached hydrogen (secondary N) is 1. The molecule has 0 aromatic heterocycles. The van der Waals surface area contributed by atoms with E-state index in [2.05, 4.69) is 5.32 Å². The van der Waals surface area contributed by atoms with Crippen LogP contribution in [0, 0.1) is 5.92 Å². The smallest absolute Gasteiger partial charge is 0.229 e. The Balaban J connectivity index is 1.52. The van der Waals surface area contributed by atoms with Gasteiger partial charge in [-0.1, -0.05) is 23.7 Å². The van der Waals surface area contributed by atoms with Gasteiger partial charge in [0.05, 0.1) is 13.0 Å². The monoisotopic (exact) mass is 372 g/mol. The first kappa shape index (κ1) is 18.3. The second kappa shape index (κ2) is 8.23. The van der Waals surface area contributed by atoms with Crippen LogP contribution in [0.2, 0.25) is 5.02 Å². The lowest BCUT2D eigenvalue weighted by Gasteiger charge is -2.16. The van der Waals surface area contributed by atoms with Crippen molar-refractivity contribution >= 4 is 29.1 Å². The van der Waals surface area contributed by atoms with Crippen molar-refractivity contribution in [2.45, 2.75) is 12.8 Å². The van der Waals surface area contributed by atoms with Gasteiger partial charge in [-0.05, 0) is 48.4 Å². The Morgan fingerprint density at radius 2 is 1.88 bits per heavy atom. The van der Waals surface area contributed by atoms with Gasteiger partial charge in [-0.25, -0.2) is 0 Å². The van der Waals surface area contributed by atoms with Crippen molar-refractivity contribution in [1.82, 2.24) is 4.90 Å². The molecule has 2 aromatic carbocycles. The molecule has 3 rings (SSSR count). The second-order valence-corrected chi connectivity index (χ2v) is 6.77. The molecule has 0 aliphatic carbocycles. The van der Waals surface area contributed by atoms with Crippen LogP contribution >= 0.6 is 11.6 Å². The fourth-order valence-corrected chi connectivity index (χ4v) is 3.12. The lowest BCUT2D eigenvalue weighted by atomic mass is 10.1. The fraction of sp³-hybridized carbons (Fsp3) is 0.300. The van der Waals surface area contributed by atoms with Gasteiger partial charge in [0.1, 0.15) is 5.75 Å². The van der Waals surface area contributed by atoms with E-state index < -0.39 is 0 Å². The molecule has 0 bridgehead atoms. The molecule has 1 aliphatic rings. The molecule has 26 heavy (non-hydrogen) atoms. The molecule has 1 saturated heterocycles. The largest absolute Gasteiger partial charge is 0.497 e. The van der Waals surface area contributed by atoms with Crippen molar-refractivity contribution in [3.63, 3.8) is 0 Å². The van der Waals surface area contributed by atoms with Crippen molar-refractivity contribution in [3.8, 4) is 5.75 Å². The van der Waals surface area contributed by atoms with Crippen LogP contribution in [0.3, 0.4) is 0 Å². The lowest BCUT2D eigenvalue weighted by Crippen LogP contribution is -2.30. The van der Waals surface area contributed by atoms with E-state index in [1.807, 2.05) is 24.3 Å². The Morgan fingerprint density at radius 3 is 2.54 bits per heavy atom. The first-order chi connectivity index (χ1) is 12.5. The Kier molecular flexibility index (Phi) is 5.78. The molecule has 1 unspecified atom stereocenters. The highest BCUT2D eigenvalue weighted by Crippen LogP contribution is 2.21. The minimum atomic E-state index is -0.325. The summed E-state index contributed by atoms with van der Waals surface area (Å²) in [6.07, 6.45) is 1.00. The molecule has 1 N–H and O–H groups in total. The average molecular weight is 373 g/mol. The van der Waals surface area contributed by atoms with E-state index in [4.69, 9.17) is 16.3 Å². The molecule has 6 heteroatoms. The van der Waals surface area contributed by atoms with Crippen molar-refractivity contribution in [1.29, 1.82) is 0 Å². The minimum Gasteiger partial charge on any atom is -0.497 e. The van der Waals surface area contributed by atoms with Crippen LogP contribution in [0.25, 0.3) is 0 Å². The highest BCUT2D eigenvalue weighted by atomic mass is 35.5. The number of benzene rings is 2. The zero-order valence-corrected chi connectivity index (χ0v) is 15.3. The third-order valence-corrected chi connectivity index (χ3v) is 4.78. The molecule has 1 heterocycles. The Bertz CT molecular complexity index is 775. The maximum Gasteiger partial charge on any atom is 0.229 e. The Labute approximate surface area is 157 Å². The molecule has 0 spiro atoms. The maximum absolute atomic E-state index is 12.4. The molecule has 2 aromatic rings. The van der Waals surface area contributed by atoms with Gasteiger partial charge >= 0.3 is 0 Å². The predicted octanol–water partition coefficient (Wildman–Crippen LogP) is 3.38. The van der Waals surface area contributed by atoms with Gasteiger partial charge in [0.25, 0.3) is 0 Å². The van der Waals surface area contributed by atoms with Gasteiger partial charge < -0.3 is 15.0 Å². The molecule has 5 nitrogen and oxygen atoms in total. The number of amides is 2. The third-order valence-electron chi connectivity index (χ3n) is 4.53.